The highest BCUT2D eigenvalue weighted by atomic mass is 32.2. The lowest BCUT2D eigenvalue weighted by Crippen LogP contribution is -2.37. The standard InChI is InChI=1S/C14H17NO5S/c1-15(12-8-9-20-10-12)21(18,19)13-5-2-11(3-6-13)4-7-14(16)17/h2-7,12H,8-10H2,1H3,(H,16,17)/b7-4+. The van der Waals surface area contributed by atoms with Crippen molar-refractivity contribution in [3.63, 3.8) is 0 Å². The smallest absolute Gasteiger partial charge is 0.328 e. The van der Waals surface area contributed by atoms with Gasteiger partial charge in [0, 0.05) is 19.7 Å². The average Bonchev–Trinajstić information content (AvgIpc) is 2.98. The third-order valence-corrected chi connectivity index (χ3v) is 5.32. The Kier molecular flexibility index (Phi) is 4.76. The minimum absolute atomic E-state index is 0.137. The van der Waals surface area contributed by atoms with Crippen LogP contribution in [0.2, 0.25) is 0 Å². The van der Waals surface area contributed by atoms with Gasteiger partial charge in [-0.25, -0.2) is 13.2 Å². The van der Waals surface area contributed by atoms with E-state index in [1.807, 2.05) is 0 Å². The highest BCUT2D eigenvalue weighted by Gasteiger charge is 2.30. The van der Waals surface area contributed by atoms with Crippen molar-refractivity contribution in [2.24, 2.45) is 0 Å². The van der Waals surface area contributed by atoms with Crippen LogP contribution in [-0.2, 0) is 19.6 Å². The number of sulfonamides is 1. The van der Waals surface area contributed by atoms with Crippen LogP contribution in [0.15, 0.2) is 35.2 Å². The van der Waals surface area contributed by atoms with E-state index < -0.39 is 16.0 Å². The minimum Gasteiger partial charge on any atom is -0.478 e. The Hall–Kier alpha value is -1.70. The lowest BCUT2D eigenvalue weighted by atomic mass is 10.2. The fraction of sp³-hybridized carbons (Fsp3) is 0.357. The molecular weight excluding hydrogens is 294 g/mol. The number of aliphatic carboxylic acids is 1. The number of nitrogens with zero attached hydrogens (tertiary/aromatic N) is 1. The number of ether oxygens (including phenoxy) is 1. The summed E-state index contributed by atoms with van der Waals surface area (Å²) < 4.78 is 31.5. The number of benzene rings is 1. The molecule has 1 aliphatic heterocycles. The van der Waals surface area contributed by atoms with Crippen molar-refractivity contribution < 1.29 is 23.1 Å². The molecule has 6 nitrogen and oxygen atoms in total. The van der Waals surface area contributed by atoms with E-state index >= 15 is 0 Å². The lowest BCUT2D eigenvalue weighted by molar-refractivity contribution is -0.131. The molecule has 1 aromatic carbocycles. The van der Waals surface area contributed by atoms with Crippen molar-refractivity contribution >= 4 is 22.1 Å². The molecule has 114 valence electrons. The summed E-state index contributed by atoms with van der Waals surface area (Å²) in [5.74, 6) is -1.05. The maximum absolute atomic E-state index is 12.5. The average molecular weight is 311 g/mol. The van der Waals surface area contributed by atoms with Crippen molar-refractivity contribution in [3.8, 4) is 0 Å². The maximum atomic E-state index is 12.5. The van der Waals surface area contributed by atoms with Gasteiger partial charge in [-0.1, -0.05) is 12.1 Å². The van der Waals surface area contributed by atoms with Gasteiger partial charge in [0.25, 0.3) is 0 Å². The molecule has 1 N–H and O–H groups in total. The monoisotopic (exact) mass is 311 g/mol. The van der Waals surface area contributed by atoms with Gasteiger partial charge in [0.05, 0.1) is 17.5 Å². The Labute approximate surface area is 123 Å². The zero-order valence-corrected chi connectivity index (χ0v) is 12.4. The van der Waals surface area contributed by atoms with E-state index in [9.17, 15) is 13.2 Å². The third-order valence-electron chi connectivity index (χ3n) is 3.40. The van der Waals surface area contributed by atoms with Gasteiger partial charge in [-0.05, 0) is 30.2 Å². The van der Waals surface area contributed by atoms with Crippen molar-refractivity contribution in [1.82, 2.24) is 4.31 Å². The zero-order valence-electron chi connectivity index (χ0n) is 11.6. The summed E-state index contributed by atoms with van der Waals surface area (Å²) in [5, 5.41) is 8.55. The summed E-state index contributed by atoms with van der Waals surface area (Å²) in [6.45, 7) is 0.985. The molecule has 1 fully saturated rings. The van der Waals surface area contributed by atoms with E-state index in [2.05, 4.69) is 0 Å². The Morgan fingerprint density at radius 3 is 2.57 bits per heavy atom. The molecule has 0 spiro atoms. The summed E-state index contributed by atoms with van der Waals surface area (Å²) in [6.07, 6.45) is 3.11. The first kappa shape index (κ1) is 15.7. The molecule has 21 heavy (non-hydrogen) atoms. The first-order chi connectivity index (χ1) is 9.91. The molecule has 0 aliphatic carbocycles. The molecule has 1 heterocycles. The van der Waals surface area contributed by atoms with Gasteiger partial charge in [-0.3, -0.25) is 0 Å². The predicted molar refractivity (Wildman–Crippen MR) is 77.3 cm³/mol. The van der Waals surface area contributed by atoms with Crippen molar-refractivity contribution in [3.05, 3.63) is 35.9 Å². The number of likely N-dealkylation sites (N-methyl/N-ethyl adjacent to an activating group) is 1. The molecule has 0 radical (unpaired) electrons. The van der Waals surface area contributed by atoms with Gasteiger partial charge in [0.1, 0.15) is 0 Å². The van der Waals surface area contributed by atoms with Gasteiger partial charge < -0.3 is 9.84 Å². The van der Waals surface area contributed by atoms with Crippen molar-refractivity contribution in [2.45, 2.75) is 17.4 Å². The maximum Gasteiger partial charge on any atom is 0.328 e. The summed E-state index contributed by atoms with van der Waals surface area (Å²) in [7, 11) is -2.01. The Morgan fingerprint density at radius 1 is 1.38 bits per heavy atom. The van der Waals surface area contributed by atoms with Crippen LogP contribution in [0.1, 0.15) is 12.0 Å². The normalized spacial score (nSPS) is 19.4. The molecule has 7 heteroatoms. The second-order valence-corrected chi connectivity index (χ2v) is 6.78. The highest BCUT2D eigenvalue weighted by molar-refractivity contribution is 7.89. The topological polar surface area (TPSA) is 83.9 Å². The molecular formula is C14H17NO5S. The molecule has 1 atom stereocenters. The molecule has 1 aromatic rings. The molecule has 0 saturated carbocycles. The summed E-state index contributed by atoms with van der Waals surface area (Å²) in [4.78, 5) is 10.6. The predicted octanol–water partition coefficient (Wildman–Crippen LogP) is 1.19. The van der Waals surface area contributed by atoms with Crippen LogP contribution >= 0.6 is 0 Å². The number of carboxylic acid groups (broad SMARTS) is 1. The second kappa shape index (κ2) is 6.38. The summed E-state index contributed by atoms with van der Waals surface area (Å²) >= 11 is 0. The van der Waals surface area contributed by atoms with Gasteiger partial charge in [-0.15, -0.1) is 0 Å². The molecule has 0 amide bonds. The summed E-state index contributed by atoms with van der Waals surface area (Å²) in [5.41, 5.74) is 0.628. The number of hydrogen-bond acceptors (Lipinski definition) is 4. The van der Waals surface area contributed by atoms with E-state index in [1.165, 1.54) is 22.5 Å². The molecule has 1 aliphatic rings. The fourth-order valence-corrected chi connectivity index (χ4v) is 3.46. The van der Waals surface area contributed by atoms with Crippen LogP contribution in [0.5, 0.6) is 0 Å². The first-order valence-electron chi connectivity index (χ1n) is 6.48. The third kappa shape index (κ3) is 3.69. The second-order valence-electron chi connectivity index (χ2n) is 4.78. The minimum atomic E-state index is -3.56. The van der Waals surface area contributed by atoms with E-state index in [1.54, 1.807) is 19.2 Å². The lowest BCUT2D eigenvalue weighted by Gasteiger charge is -2.22. The van der Waals surface area contributed by atoms with E-state index in [4.69, 9.17) is 9.84 Å². The van der Waals surface area contributed by atoms with Gasteiger partial charge >= 0.3 is 5.97 Å². The quantitative estimate of drug-likeness (QED) is 0.826. The van der Waals surface area contributed by atoms with Crippen molar-refractivity contribution in [2.75, 3.05) is 20.3 Å². The SMILES string of the molecule is CN(C1CCOC1)S(=O)(=O)c1ccc(/C=C/C(=O)O)cc1. The van der Waals surface area contributed by atoms with E-state index in [0.717, 1.165) is 6.08 Å². The number of rotatable bonds is 5. The molecule has 1 unspecified atom stereocenters. The van der Waals surface area contributed by atoms with E-state index in [0.29, 0.717) is 25.2 Å². The van der Waals surface area contributed by atoms with Gasteiger partial charge in [0.2, 0.25) is 10.0 Å². The molecule has 0 bridgehead atoms. The van der Waals surface area contributed by atoms with Gasteiger partial charge in [-0.2, -0.15) is 4.31 Å². The van der Waals surface area contributed by atoms with Crippen LogP contribution in [0.25, 0.3) is 6.08 Å². The Bertz CT molecular complexity index is 630. The van der Waals surface area contributed by atoms with Crippen LogP contribution in [-0.4, -0.2) is 50.1 Å². The van der Waals surface area contributed by atoms with E-state index in [-0.39, 0.29) is 10.9 Å². The fourth-order valence-electron chi connectivity index (χ4n) is 2.09. The first-order valence-corrected chi connectivity index (χ1v) is 7.92. The Balaban J connectivity index is 2.18. The molecule has 1 saturated heterocycles. The summed E-state index contributed by atoms with van der Waals surface area (Å²) in [6, 6.07) is 5.96. The van der Waals surface area contributed by atoms with Crippen LogP contribution in [0, 0.1) is 0 Å². The van der Waals surface area contributed by atoms with Gasteiger partial charge in [0.15, 0.2) is 0 Å². The zero-order chi connectivity index (χ0) is 15.5. The van der Waals surface area contributed by atoms with Crippen molar-refractivity contribution in [1.29, 1.82) is 0 Å². The largest absolute Gasteiger partial charge is 0.478 e. The molecule has 2 rings (SSSR count). The van der Waals surface area contributed by atoms with Crippen LogP contribution < -0.4 is 0 Å². The molecule has 0 aromatic heterocycles. The number of hydrogen-bond donors (Lipinski definition) is 1. The van der Waals surface area contributed by atoms with Crippen LogP contribution in [0.3, 0.4) is 0 Å². The Morgan fingerprint density at radius 2 is 2.05 bits per heavy atom. The van der Waals surface area contributed by atoms with Crippen LogP contribution in [0.4, 0.5) is 0 Å². The highest BCUT2D eigenvalue weighted by Crippen LogP contribution is 2.21. The number of carboxylic acids is 1. The number of carbonyl (C=O) groups is 1.